The molecule has 0 fully saturated rings. The molecule has 3 nitrogen and oxygen atoms in total. The Bertz CT molecular complexity index is 765. The van der Waals surface area contributed by atoms with E-state index in [4.69, 9.17) is 17.3 Å². The highest BCUT2D eigenvalue weighted by atomic mass is 79.9. The SMILES string of the molecule is Nc1ccc(S(=O)(=O)Cc2ccc(F)cc2Br)c(Cl)c1. The van der Waals surface area contributed by atoms with Crippen molar-refractivity contribution in [1.29, 1.82) is 0 Å². The Morgan fingerprint density at radius 2 is 1.90 bits per heavy atom. The molecular weight excluding hydrogens is 369 g/mol. The minimum atomic E-state index is -3.64. The lowest BCUT2D eigenvalue weighted by Crippen LogP contribution is -2.06. The maximum Gasteiger partial charge on any atom is 0.184 e. The predicted octanol–water partition coefficient (Wildman–Crippen LogP) is 3.80. The second-order valence-corrected chi connectivity index (χ2v) is 7.40. The van der Waals surface area contributed by atoms with E-state index in [1.807, 2.05) is 0 Å². The van der Waals surface area contributed by atoms with Gasteiger partial charge in [0, 0.05) is 10.2 Å². The fraction of sp³-hybridized carbons (Fsp3) is 0.0769. The summed E-state index contributed by atoms with van der Waals surface area (Å²) in [5, 5.41) is 0.0724. The summed E-state index contributed by atoms with van der Waals surface area (Å²) in [6, 6.07) is 8.06. The minimum Gasteiger partial charge on any atom is -0.399 e. The Labute approximate surface area is 129 Å². The number of benzene rings is 2. The Hall–Kier alpha value is -1.11. The van der Waals surface area contributed by atoms with Gasteiger partial charge in [-0.2, -0.15) is 0 Å². The number of nitrogens with two attached hydrogens (primary N) is 1. The van der Waals surface area contributed by atoms with Crippen molar-refractivity contribution in [2.75, 3.05) is 5.73 Å². The summed E-state index contributed by atoms with van der Waals surface area (Å²) in [6.45, 7) is 0. The van der Waals surface area contributed by atoms with E-state index in [0.29, 0.717) is 15.7 Å². The Morgan fingerprint density at radius 1 is 1.20 bits per heavy atom. The molecule has 0 spiro atoms. The van der Waals surface area contributed by atoms with Gasteiger partial charge in [0.1, 0.15) is 5.82 Å². The highest BCUT2D eigenvalue weighted by Gasteiger charge is 2.20. The molecule has 0 aliphatic rings. The third-order valence-corrected chi connectivity index (χ3v) is 5.53. The molecule has 0 bridgehead atoms. The molecule has 2 aromatic rings. The van der Waals surface area contributed by atoms with Crippen LogP contribution < -0.4 is 5.73 Å². The molecule has 0 saturated carbocycles. The van der Waals surface area contributed by atoms with Crippen LogP contribution in [0.25, 0.3) is 0 Å². The van der Waals surface area contributed by atoms with Crippen molar-refractivity contribution in [2.24, 2.45) is 0 Å². The van der Waals surface area contributed by atoms with Gasteiger partial charge in [-0.1, -0.05) is 33.6 Å². The lowest BCUT2D eigenvalue weighted by atomic mass is 10.2. The summed E-state index contributed by atoms with van der Waals surface area (Å²) < 4.78 is 38.1. The van der Waals surface area contributed by atoms with Crippen LogP contribution in [0, 0.1) is 5.82 Å². The van der Waals surface area contributed by atoms with E-state index < -0.39 is 15.7 Å². The molecule has 2 N–H and O–H groups in total. The van der Waals surface area contributed by atoms with E-state index >= 15 is 0 Å². The molecule has 20 heavy (non-hydrogen) atoms. The molecule has 7 heteroatoms. The summed E-state index contributed by atoms with van der Waals surface area (Å²) in [5.74, 6) is -0.721. The van der Waals surface area contributed by atoms with E-state index in [1.54, 1.807) is 0 Å². The van der Waals surface area contributed by atoms with Crippen LogP contribution in [0.15, 0.2) is 45.8 Å². The number of rotatable bonds is 3. The Kier molecular flexibility index (Phi) is 4.36. The van der Waals surface area contributed by atoms with E-state index in [9.17, 15) is 12.8 Å². The van der Waals surface area contributed by atoms with Gasteiger partial charge in [-0.05, 0) is 35.9 Å². The summed E-state index contributed by atoms with van der Waals surface area (Å²) in [6.07, 6.45) is 0. The number of hydrogen-bond donors (Lipinski definition) is 1. The second-order valence-electron chi connectivity index (χ2n) is 4.18. The van der Waals surface area contributed by atoms with Gasteiger partial charge in [0.2, 0.25) is 0 Å². The average molecular weight is 379 g/mol. The normalized spacial score (nSPS) is 11.6. The molecule has 0 aliphatic heterocycles. The van der Waals surface area contributed by atoms with Crippen molar-refractivity contribution >= 4 is 43.1 Å². The van der Waals surface area contributed by atoms with Crippen molar-refractivity contribution in [3.05, 3.63) is 57.3 Å². The van der Waals surface area contributed by atoms with Gasteiger partial charge >= 0.3 is 0 Å². The molecule has 0 aliphatic carbocycles. The van der Waals surface area contributed by atoms with E-state index in [1.165, 1.54) is 36.4 Å². The van der Waals surface area contributed by atoms with Gasteiger partial charge in [0.25, 0.3) is 0 Å². The molecule has 0 saturated heterocycles. The Balaban J connectivity index is 2.41. The Morgan fingerprint density at radius 3 is 2.50 bits per heavy atom. The molecule has 0 atom stereocenters. The third kappa shape index (κ3) is 3.31. The van der Waals surface area contributed by atoms with Crippen molar-refractivity contribution in [3.8, 4) is 0 Å². The molecular formula is C13H10BrClFNO2S. The van der Waals surface area contributed by atoms with Crippen LogP contribution in [0.1, 0.15) is 5.56 Å². The van der Waals surface area contributed by atoms with Crippen molar-refractivity contribution in [2.45, 2.75) is 10.6 Å². The van der Waals surface area contributed by atoms with Crippen molar-refractivity contribution in [3.63, 3.8) is 0 Å². The highest BCUT2D eigenvalue weighted by molar-refractivity contribution is 9.10. The predicted molar refractivity (Wildman–Crippen MR) is 80.9 cm³/mol. The van der Waals surface area contributed by atoms with Crippen LogP contribution in [0.2, 0.25) is 5.02 Å². The quantitative estimate of drug-likeness (QED) is 0.827. The number of nitrogen functional groups attached to an aromatic ring is 1. The standard InChI is InChI=1S/C13H10BrClFNO2S/c14-11-5-9(16)2-1-8(11)7-20(18,19)13-4-3-10(17)6-12(13)15/h1-6H,7,17H2. The van der Waals surface area contributed by atoms with Crippen LogP contribution >= 0.6 is 27.5 Å². The molecule has 2 rings (SSSR count). The van der Waals surface area contributed by atoms with Gasteiger partial charge in [-0.25, -0.2) is 12.8 Å². The number of sulfone groups is 1. The minimum absolute atomic E-state index is 0.00425. The van der Waals surface area contributed by atoms with Gasteiger partial charge in [-0.15, -0.1) is 0 Å². The van der Waals surface area contributed by atoms with E-state index in [2.05, 4.69) is 15.9 Å². The molecule has 106 valence electrons. The first kappa shape index (κ1) is 15.3. The van der Waals surface area contributed by atoms with Gasteiger partial charge in [0.05, 0.1) is 15.7 Å². The molecule has 0 radical (unpaired) electrons. The second kappa shape index (κ2) is 5.71. The summed E-state index contributed by atoms with van der Waals surface area (Å²) >= 11 is 9.06. The van der Waals surface area contributed by atoms with Crippen LogP contribution in [0.3, 0.4) is 0 Å². The maximum absolute atomic E-state index is 13.0. The van der Waals surface area contributed by atoms with Crippen molar-refractivity contribution < 1.29 is 12.8 Å². The number of anilines is 1. The third-order valence-electron chi connectivity index (χ3n) is 2.65. The lowest BCUT2D eigenvalue weighted by molar-refractivity contribution is 0.594. The van der Waals surface area contributed by atoms with Gasteiger partial charge in [0.15, 0.2) is 9.84 Å². The zero-order chi connectivity index (χ0) is 14.9. The number of halogens is 3. The van der Waals surface area contributed by atoms with Crippen LogP contribution in [-0.4, -0.2) is 8.42 Å². The average Bonchev–Trinajstić information content (AvgIpc) is 2.32. The topological polar surface area (TPSA) is 60.2 Å². The number of hydrogen-bond acceptors (Lipinski definition) is 3. The molecule has 0 unspecified atom stereocenters. The zero-order valence-electron chi connectivity index (χ0n) is 10.1. The fourth-order valence-corrected chi connectivity index (χ4v) is 4.36. The molecule has 0 heterocycles. The van der Waals surface area contributed by atoms with Crippen LogP contribution in [-0.2, 0) is 15.6 Å². The highest BCUT2D eigenvalue weighted by Crippen LogP contribution is 2.28. The molecule has 2 aromatic carbocycles. The first-order valence-electron chi connectivity index (χ1n) is 5.51. The van der Waals surface area contributed by atoms with Gasteiger partial charge < -0.3 is 5.73 Å². The summed E-state index contributed by atoms with van der Waals surface area (Å²) in [7, 11) is -3.64. The molecule has 0 amide bonds. The maximum atomic E-state index is 13.0. The van der Waals surface area contributed by atoms with Crippen molar-refractivity contribution in [1.82, 2.24) is 0 Å². The summed E-state index contributed by atoms with van der Waals surface area (Å²) in [4.78, 5) is 0.00425. The summed E-state index contributed by atoms with van der Waals surface area (Å²) in [5.41, 5.74) is 6.38. The van der Waals surface area contributed by atoms with E-state index in [-0.39, 0.29) is 15.7 Å². The van der Waals surface area contributed by atoms with E-state index in [0.717, 1.165) is 0 Å². The molecule has 0 aromatic heterocycles. The smallest absolute Gasteiger partial charge is 0.184 e. The first-order chi connectivity index (χ1) is 9.29. The van der Waals surface area contributed by atoms with Crippen LogP contribution in [0.5, 0.6) is 0 Å². The fourth-order valence-electron chi connectivity index (χ4n) is 1.69. The van der Waals surface area contributed by atoms with Gasteiger partial charge in [-0.3, -0.25) is 0 Å². The zero-order valence-corrected chi connectivity index (χ0v) is 13.3. The van der Waals surface area contributed by atoms with Crippen LogP contribution in [0.4, 0.5) is 10.1 Å². The first-order valence-corrected chi connectivity index (χ1v) is 8.33. The lowest BCUT2D eigenvalue weighted by Gasteiger charge is -2.09. The monoisotopic (exact) mass is 377 g/mol. The largest absolute Gasteiger partial charge is 0.399 e.